The fourth-order valence-corrected chi connectivity index (χ4v) is 3.47. The van der Waals surface area contributed by atoms with E-state index in [1.54, 1.807) is 23.5 Å². The largest absolute Gasteiger partial charge is 0.308 e. The molecule has 7 heteroatoms. The number of hydrogen-bond acceptors (Lipinski definition) is 4. The van der Waals surface area contributed by atoms with Crippen LogP contribution in [-0.4, -0.2) is 4.92 Å². The van der Waals surface area contributed by atoms with Gasteiger partial charge in [-0.1, -0.05) is 15.9 Å². The summed E-state index contributed by atoms with van der Waals surface area (Å²) in [6.45, 7) is 1.16. The monoisotopic (exact) mass is 404 g/mol. The summed E-state index contributed by atoms with van der Waals surface area (Å²) in [5.74, 6) is 0. The van der Waals surface area contributed by atoms with Gasteiger partial charge in [0.05, 0.1) is 4.92 Å². The minimum Gasteiger partial charge on any atom is -0.308 e. The summed E-state index contributed by atoms with van der Waals surface area (Å²) in [6.07, 6.45) is 0. The molecule has 0 saturated carbocycles. The molecule has 0 radical (unpaired) electrons. The van der Waals surface area contributed by atoms with E-state index in [0.717, 1.165) is 8.95 Å². The smallest absolute Gasteiger partial charge is 0.273 e. The van der Waals surface area contributed by atoms with Gasteiger partial charge < -0.3 is 5.32 Å². The number of halogens is 2. The van der Waals surface area contributed by atoms with Gasteiger partial charge in [0.15, 0.2) is 0 Å². The van der Waals surface area contributed by atoms with Crippen LogP contribution in [0, 0.1) is 10.1 Å². The van der Waals surface area contributed by atoms with Crippen LogP contribution >= 0.6 is 43.2 Å². The van der Waals surface area contributed by atoms with Crippen molar-refractivity contribution in [2.45, 2.75) is 13.1 Å². The van der Waals surface area contributed by atoms with Crippen molar-refractivity contribution in [1.82, 2.24) is 5.32 Å². The average molecular weight is 406 g/mol. The summed E-state index contributed by atoms with van der Waals surface area (Å²) in [5.41, 5.74) is 0.818. The van der Waals surface area contributed by atoms with Crippen LogP contribution in [0.5, 0.6) is 0 Å². The van der Waals surface area contributed by atoms with Gasteiger partial charge in [0.1, 0.15) is 0 Å². The Kier molecular flexibility index (Phi) is 5.09. The highest BCUT2D eigenvalue weighted by molar-refractivity contribution is 9.10. The van der Waals surface area contributed by atoms with Gasteiger partial charge in [0.2, 0.25) is 0 Å². The minimum atomic E-state index is -0.356. The predicted molar refractivity (Wildman–Crippen MR) is 83.4 cm³/mol. The molecule has 0 amide bonds. The number of nitrogens with zero attached hydrogens (tertiary/aromatic N) is 1. The molecule has 0 aliphatic carbocycles. The van der Waals surface area contributed by atoms with Crippen LogP contribution in [0.25, 0.3) is 0 Å². The summed E-state index contributed by atoms with van der Waals surface area (Å²) in [5, 5.41) is 16.2. The van der Waals surface area contributed by atoms with Crippen molar-refractivity contribution in [3.63, 3.8) is 0 Å². The fourth-order valence-electron chi connectivity index (χ4n) is 1.64. The number of nitro groups is 1. The van der Waals surface area contributed by atoms with Crippen molar-refractivity contribution in [3.8, 4) is 0 Å². The van der Waals surface area contributed by atoms with E-state index in [2.05, 4.69) is 37.2 Å². The Morgan fingerprint density at radius 2 is 2.00 bits per heavy atom. The van der Waals surface area contributed by atoms with E-state index < -0.39 is 0 Å². The first-order valence-electron chi connectivity index (χ1n) is 5.42. The van der Waals surface area contributed by atoms with Crippen molar-refractivity contribution in [3.05, 3.63) is 59.1 Å². The van der Waals surface area contributed by atoms with E-state index in [4.69, 9.17) is 0 Å². The molecule has 2 aromatic rings. The fraction of sp³-hybridized carbons (Fsp3) is 0.167. The predicted octanol–water partition coefficient (Wildman–Crippen LogP) is 4.47. The highest BCUT2D eigenvalue weighted by Crippen LogP contribution is 2.23. The maximum atomic E-state index is 10.9. The molecule has 1 N–H and O–H groups in total. The summed E-state index contributed by atoms with van der Waals surface area (Å²) in [4.78, 5) is 11.8. The van der Waals surface area contributed by atoms with Crippen LogP contribution in [0.15, 0.2) is 38.6 Å². The van der Waals surface area contributed by atoms with Crippen LogP contribution in [-0.2, 0) is 13.1 Å². The molecular weight excluding hydrogens is 396 g/mol. The summed E-state index contributed by atoms with van der Waals surface area (Å²) in [6, 6.07) is 7.00. The van der Waals surface area contributed by atoms with Gasteiger partial charge in [-0.05, 0) is 34.1 Å². The molecule has 0 aliphatic heterocycles. The second-order valence-corrected chi connectivity index (χ2v) is 6.69. The molecule has 0 bridgehead atoms. The van der Waals surface area contributed by atoms with Crippen LogP contribution in [0.2, 0.25) is 0 Å². The zero-order chi connectivity index (χ0) is 13.8. The lowest BCUT2D eigenvalue weighted by Gasteiger charge is -2.05. The van der Waals surface area contributed by atoms with Crippen LogP contribution in [0.1, 0.15) is 10.4 Å². The molecule has 0 spiro atoms. The Hall–Kier alpha value is -0.760. The Balaban J connectivity index is 2.02. The van der Waals surface area contributed by atoms with E-state index in [0.29, 0.717) is 18.7 Å². The van der Waals surface area contributed by atoms with Gasteiger partial charge in [-0.3, -0.25) is 10.1 Å². The van der Waals surface area contributed by atoms with Crippen molar-refractivity contribution in [1.29, 1.82) is 0 Å². The van der Waals surface area contributed by atoms with Gasteiger partial charge in [0, 0.05) is 43.9 Å². The summed E-state index contributed by atoms with van der Waals surface area (Å²) >= 11 is 8.37. The van der Waals surface area contributed by atoms with Gasteiger partial charge in [-0.2, -0.15) is 0 Å². The molecule has 0 saturated heterocycles. The third-order valence-corrected chi connectivity index (χ3v) is 4.67. The molecular formula is C12H10Br2N2O2S. The molecule has 0 atom stereocenters. The maximum Gasteiger partial charge on any atom is 0.273 e. The lowest BCUT2D eigenvalue weighted by Crippen LogP contribution is -2.13. The number of benzene rings is 1. The lowest BCUT2D eigenvalue weighted by molar-refractivity contribution is -0.385. The molecule has 0 fully saturated rings. The van der Waals surface area contributed by atoms with Gasteiger partial charge in [-0.15, -0.1) is 11.3 Å². The van der Waals surface area contributed by atoms with Gasteiger partial charge in [0.25, 0.3) is 5.69 Å². The highest BCUT2D eigenvalue weighted by Gasteiger charge is 2.13. The zero-order valence-corrected chi connectivity index (χ0v) is 13.7. The SMILES string of the molecule is O=[N+]([O-])c1ccc(Br)cc1CNCc1cc(Br)cs1. The zero-order valence-electron chi connectivity index (χ0n) is 9.73. The minimum absolute atomic E-state index is 0.142. The topological polar surface area (TPSA) is 55.2 Å². The average Bonchev–Trinajstić information content (AvgIpc) is 2.75. The van der Waals surface area contributed by atoms with Gasteiger partial charge in [-0.25, -0.2) is 0 Å². The number of rotatable bonds is 5. The van der Waals surface area contributed by atoms with Crippen LogP contribution in [0.4, 0.5) is 5.69 Å². The first-order valence-corrected chi connectivity index (χ1v) is 7.89. The second kappa shape index (κ2) is 6.60. The Morgan fingerprint density at radius 1 is 1.21 bits per heavy atom. The normalized spacial score (nSPS) is 10.6. The molecule has 2 rings (SSSR count). The van der Waals surface area contributed by atoms with E-state index in [-0.39, 0.29) is 10.6 Å². The summed E-state index contributed by atoms with van der Waals surface area (Å²) < 4.78 is 1.90. The quantitative estimate of drug-likeness (QED) is 0.589. The Bertz CT molecular complexity index is 601. The van der Waals surface area contributed by atoms with E-state index >= 15 is 0 Å². The van der Waals surface area contributed by atoms with Crippen LogP contribution in [0.3, 0.4) is 0 Å². The van der Waals surface area contributed by atoms with Crippen molar-refractivity contribution >= 4 is 48.9 Å². The molecule has 1 aromatic carbocycles. The lowest BCUT2D eigenvalue weighted by atomic mass is 10.2. The van der Waals surface area contributed by atoms with Crippen molar-refractivity contribution < 1.29 is 4.92 Å². The first kappa shape index (κ1) is 14.6. The molecule has 100 valence electrons. The van der Waals surface area contributed by atoms with Crippen molar-refractivity contribution in [2.24, 2.45) is 0 Å². The van der Waals surface area contributed by atoms with E-state index in [9.17, 15) is 10.1 Å². The third-order valence-electron chi connectivity index (χ3n) is 2.47. The molecule has 4 nitrogen and oxygen atoms in total. The second-order valence-electron chi connectivity index (χ2n) is 3.86. The van der Waals surface area contributed by atoms with Crippen molar-refractivity contribution in [2.75, 3.05) is 0 Å². The number of nitrogens with one attached hydrogen (secondary N) is 1. The van der Waals surface area contributed by atoms with Crippen LogP contribution < -0.4 is 5.32 Å². The maximum absolute atomic E-state index is 10.9. The molecule has 1 heterocycles. The van der Waals surface area contributed by atoms with E-state index in [1.807, 2.05) is 11.4 Å². The molecule has 0 aliphatic rings. The number of nitro benzene ring substituents is 1. The third kappa shape index (κ3) is 4.10. The standard InChI is InChI=1S/C12H10Br2N2O2S/c13-9-1-2-12(16(17)18)8(3-9)5-15-6-11-4-10(14)7-19-11/h1-4,7,15H,5-6H2. The number of hydrogen-bond donors (Lipinski definition) is 1. The number of thiophene rings is 1. The highest BCUT2D eigenvalue weighted by atomic mass is 79.9. The first-order chi connectivity index (χ1) is 9.06. The molecule has 1 aromatic heterocycles. The summed E-state index contributed by atoms with van der Waals surface area (Å²) in [7, 11) is 0. The molecule has 19 heavy (non-hydrogen) atoms. The van der Waals surface area contributed by atoms with E-state index in [1.165, 1.54) is 10.9 Å². The Labute approximate surface area is 131 Å². The van der Waals surface area contributed by atoms with Gasteiger partial charge >= 0.3 is 0 Å². The Morgan fingerprint density at radius 3 is 2.63 bits per heavy atom. The molecule has 0 unspecified atom stereocenters.